The zero-order chi connectivity index (χ0) is 12.0. The number of carbonyl (C=O) groups excluding carboxylic acids is 2. The highest BCUT2D eigenvalue weighted by molar-refractivity contribution is 6.21. The van der Waals surface area contributed by atoms with Crippen LogP contribution >= 0.6 is 0 Å². The Balaban J connectivity index is 1.81. The Morgan fingerprint density at radius 1 is 1.12 bits per heavy atom. The van der Waals surface area contributed by atoms with Gasteiger partial charge < -0.3 is 5.73 Å². The molecule has 0 aliphatic carbocycles. The third-order valence-corrected chi connectivity index (χ3v) is 3.21. The maximum Gasteiger partial charge on any atom is 0.262 e. The third kappa shape index (κ3) is 1.55. The van der Waals surface area contributed by atoms with Crippen LogP contribution in [0.4, 0.5) is 0 Å². The fraction of sp³-hybridized carbons (Fsp3) is 0.333. The molecule has 0 bridgehead atoms. The van der Waals surface area contributed by atoms with Crippen LogP contribution in [0.25, 0.3) is 0 Å². The van der Waals surface area contributed by atoms with Gasteiger partial charge in [-0.05, 0) is 12.1 Å². The number of nitrogens with zero attached hydrogens (tertiary/aromatic N) is 2. The van der Waals surface area contributed by atoms with Crippen molar-refractivity contribution in [3.05, 3.63) is 35.4 Å². The van der Waals surface area contributed by atoms with Crippen LogP contribution in [0.2, 0.25) is 0 Å². The van der Waals surface area contributed by atoms with E-state index in [1.165, 1.54) is 4.90 Å². The van der Waals surface area contributed by atoms with Crippen LogP contribution in [0.5, 0.6) is 0 Å². The quantitative estimate of drug-likeness (QED) is 0.721. The van der Waals surface area contributed by atoms with Crippen LogP contribution in [0.1, 0.15) is 20.7 Å². The van der Waals surface area contributed by atoms with E-state index in [1.54, 1.807) is 24.3 Å². The van der Waals surface area contributed by atoms with Crippen molar-refractivity contribution in [1.29, 1.82) is 0 Å². The first-order valence-electron chi connectivity index (χ1n) is 5.60. The van der Waals surface area contributed by atoms with Gasteiger partial charge in [-0.25, -0.2) is 0 Å². The van der Waals surface area contributed by atoms with Crippen LogP contribution in [0.3, 0.4) is 0 Å². The fourth-order valence-corrected chi connectivity index (χ4v) is 2.29. The lowest BCUT2D eigenvalue weighted by Gasteiger charge is -2.38. The maximum atomic E-state index is 12.0. The van der Waals surface area contributed by atoms with Gasteiger partial charge in [-0.2, -0.15) is 0 Å². The summed E-state index contributed by atoms with van der Waals surface area (Å²) in [6.07, 6.45) is 0. The smallest absolute Gasteiger partial charge is 0.262 e. The number of carbonyl (C=O) groups is 2. The van der Waals surface area contributed by atoms with Crippen molar-refractivity contribution < 1.29 is 9.59 Å². The van der Waals surface area contributed by atoms with E-state index in [9.17, 15) is 9.59 Å². The fourth-order valence-electron chi connectivity index (χ4n) is 2.29. The highest BCUT2D eigenvalue weighted by atomic mass is 16.2. The molecule has 1 saturated heterocycles. The number of hydrogen-bond acceptors (Lipinski definition) is 4. The van der Waals surface area contributed by atoms with Gasteiger partial charge in [0.2, 0.25) is 0 Å². The minimum atomic E-state index is -0.203. The molecule has 1 fully saturated rings. The molecule has 5 heteroatoms. The van der Waals surface area contributed by atoms with Gasteiger partial charge in [0.15, 0.2) is 0 Å². The summed E-state index contributed by atoms with van der Waals surface area (Å²) in [5.74, 6) is -0.405. The molecule has 2 N–H and O–H groups in total. The molecule has 0 spiro atoms. The summed E-state index contributed by atoms with van der Waals surface area (Å²) in [5, 5.41) is 0. The minimum Gasteiger partial charge on any atom is -0.325 e. The number of nitrogens with two attached hydrogens (primary N) is 1. The summed E-state index contributed by atoms with van der Waals surface area (Å²) in [5.41, 5.74) is 6.67. The number of benzene rings is 1. The third-order valence-electron chi connectivity index (χ3n) is 3.21. The highest BCUT2D eigenvalue weighted by Crippen LogP contribution is 2.23. The normalized spacial score (nSPS) is 20.6. The van der Waals surface area contributed by atoms with Crippen LogP contribution in [0, 0.1) is 0 Å². The van der Waals surface area contributed by atoms with Crippen LogP contribution in [0.15, 0.2) is 24.3 Å². The molecule has 0 unspecified atom stereocenters. The second kappa shape index (κ2) is 3.65. The summed E-state index contributed by atoms with van der Waals surface area (Å²) in [6, 6.07) is 7.10. The van der Waals surface area contributed by atoms with E-state index in [0.717, 1.165) is 13.1 Å². The average molecular weight is 231 g/mol. The van der Waals surface area contributed by atoms with Gasteiger partial charge in [0.1, 0.15) is 0 Å². The van der Waals surface area contributed by atoms with Crippen molar-refractivity contribution >= 4 is 11.8 Å². The van der Waals surface area contributed by atoms with Crippen molar-refractivity contribution in [3.8, 4) is 0 Å². The second-order valence-corrected chi connectivity index (χ2v) is 4.52. The van der Waals surface area contributed by atoms with Crippen molar-refractivity contribution in [2.45, 2.75) is 6.04 Å². The van der Waals surface area contributed by atoms with E-state index in [2.05, 4.69) is 0 Å². The monoisotopic (exact) mass is 231 g/mol. The molecule has 1 aromatic carbocycles. The molecule has 2 aliphatic rings. The Kier molecular flexibility index (Phi) is 2.24. The van der Waals surface area contributed by atoms with Crippen molar-refractivity contribution in [1.82, 2.24) is 9.80 Å². The first-order chi connectivity index (χ1) is 8.16. The largest absolute Gasteiger partial charge is 0.325 e. The Morgan fingerprint density at radius 2 is 1.65 bits per heavy atom. The highest BCUT2D eigenvalue weighted by Gasteiger charge is 2.37. The molecule has 0 radical (unpaired) electrons. The molecule has 88 valence electrons. The lowest BCUT2D eigenvalue weighted by Crippen LogP contribution is -2.59. The molecule has 17 heavy (non-hydrogen) atoms. The zero-order valence-electron chi connectivity index (χ0n) is 9.30. The van der Waals surface area contributed by atoms with Crippen molar-refractivity contribution in [2.24, 2.45) is 5.73 Å². The lowest BCUT2D eigenvalue weighted by atomic mass is 10.1. The van der Waals surface area contributed by atoms with Gasteiger partial charge in [-0.1, -0.05) is 12.1 Å². The average Bonchev–Trinajstić information content (AvgIpc) is 2.53. The number of imide groups is 1. The van der Waals surface area contributed by atoms with E-state index in [1.807, 2.05) is 4.90 Å². The SMILES string of the molecule is NC1CN(CN2C(=O)c3ccccc3C2=O)C1. The molecule has 0 aromatic heterocycles. The first kappa shape index (κ1) is 10.4. The molecule has 0 atom stereocenters. The van der Waals surface area contributed by atoms with Crippen LogP contribution in [-0.2, 0) is 0 Å². The van der Waals surface area contributed by atoms with Gasteiger partial charge in [0.05, 0.1) is 17.8 Å². The number of likely N-dealkylation sites (tertiary alicyclic amines) is 1. The Hall–Kier alpha value is -1.72. The number of hydrogen-bond donors (Lipinski definition) is 1. The topological polar surface area (TPSA) is 66.6 Å². The summed E-state index contributed by atoms with van der Waals surface area (Å²) < 4.78 is 0. The molecule has 2 aliphatic heterocycles. The summed E-state index contributed by atoms with van der Waals surface area (Å²) in [6.45, 7) is 1.83. The molecule has 0 saturated carbocycles. The van der Waals surface area contributed by atoms with Crippen molar-refractivity contribution in [2.75, 3.05) is 19.8 Å². The standard InChI is InChI=1S/C12H13N3O2/c13-8-5-14(6-8)7-15-11(16)9-3-1-2-4-10(9)12(15)17/h1-4,8H,5-7,13H2. The molecule has 5 nitrogen and oxygen atoms in total. The van der Waals surface area contributed by atoms with E-state index in [-0.39, 0.29) is 17.9 Å². The Bertz CT molecular complexity index is 459. The molecular formula is C12H13N3O2. The predicted molar refractivity (Wildman–Crippen MR) is 61.4 cm³/mol. The molecular weight excluding hydrogens is 218 g/mol. The molecule has 2 heterocycles. The van der Waals surface area contributed by atoms with Gasteiger partial charge in [0.25, 0.3) is 11.8 Å². The van der Waals surface area contributed by atoms with E-state index in [4.69, 9.17) is 5.73 Å². The Morgan fingerprint density at radius 3 is 2.12 bits per heavy atom. The van der Waals surface area contributed by atoms with E-state index >= 15 is 0 Å². The number of fused-ring (bicyclic) bond motifs is 1. The minimum absolute atomic E-state index is 0.171. The van der Waals surface area contributed by atoms with Gasteiger partial charge in [-0.3, -0.25) is 19.4 Å². The van der Waals surface area contributed by atoms with Gasteiger partial charge in [0, 0.05) is 19.1 Å². The molecule has 2 amide bonds. The van der Waals surface area contributed by atoms with E-state index < -0.39 is 0 Å². The molecule has 3 rings (SSSR count). The summed E-state index contributed by atoms with van der Waals surface area (Å²) >= 11 is 0. The Labute approximate surface area is 98.8 Å². The number of rotatable bonds is 2. The zero-order valence-corrected chi connectivity index (χ0v) is 9.30. The van der Waals surface area contributed by atoms with Gasteiger partial charge >= 0.3 is 0 Å². The van der Waals surface area contributed by atoms with Crippen LogP contribution < -0.4 is 5.73 Å². The van der Waals surface area contributed by atoms with Crippen molar-refractivity contribution in [3.63, 3.8) is 0 Å². The molecule has 1 aromatic rings. The lowest BCUT2D eigenvalue weighted by molar-refractivity contribution is 0.0415. The van der Waals surface area contributed by atoms with Gasteiger partial charge in [-0.15, -0.1) is 0 Å². The summed E-state index contributed by atoms with van der Waals surface area (Å²) in [7, 11) is 0. The predicted octanol–water partition coefficient (Wildman–Crippen LogP) is -0.117. The van der Waals surface area contributed by atoms with E-state index in [0.29, 0.717) is 17.8 Å². The number of amides is 2. The van der Waals surface area contributed by atoms with Crippen LogP contribution in [-0.4, -0.2) is 47.4 Å². The summed E-state index contributed by atoms with van der Waals surface area (Å²) in [4.78, 5) is 27.3. The first-order valence-corrected chi connectivity index (χ1v) is 5.60. The second-order valence-electron chi connectivity index (χ2n) is 4.52. The maximum absolute atomic E-state index is 12.0.